The Bertz CT molecular complexity index is 806. The molecule has 28 heavy (non-hydrogen) atoms. The Balaban J connectivity index is 1.46. The number of rotatable bonds is 6. The zero-order valence-electron chi connectivity index (χ0n) is 15.7. The molecule has 3 rings (SSSR count). The van der Waals surface area contributed by atoms with E-state index in [4.69, 9.17) is 23.2 Å². The molecule has 4 nitrogen and oxygen atoms in total. The first-order chi connectivity index (χ1) is 13.5. The summed E-state index contributed by atoms with van der Waals surface area (Å²) in [5.41, 5.74) is 1.82. The quantitative estimate of drug-likeness (QED) is 0.638. The average molecular weight is 419 g/mol. The molecule has 148 valence electrons. The molecule has 1 amide bonds. The number of carbonyl (C=O) groups excluding carboxylic acids is 2. The summed E-state index contributed by atoms with van der Waals surface area (Å²) in [6.07, 6.45) is 1.41. The standard InChI is InChI=1S/C22H24Cl2N2O2/c23-19-6-2-17(3-7-19)16-25-12-1-13-26(15-14-25)22(28)11-10-21(27)18-4-8-20(24)9-5-18/h2-9H,1,10-16H2. The summed E-state index contributed by atoms with van der Waals surface area (Å²) in [7, 11) is 0. The molecule has 0 atom stereocenters. The van der Waals surface area contributed by atoms with Gasteiger partial charge in [-0.15, -0.1) is 0 Å². The van der Waals surface area contributed by atoms with Crippen LogP contribution in [0.5, 0.6) is 0 Å². The fourth-order valence-corrected chi connectivity index (χ4v) is 3.64. The number of halogens is 2. The van der Waals surface area contributed by atoms with E-state index in [1.54, 1.807) is 24.3 Å². The highest BCUT2D eigenvalue weighted by molar-refractivity contribution is 6.30. The lowest BCUT2D eigenvalue weighted by atomic mass is 10.1. The Kier molecular flexibility index (Phi) is 7.49. The third-order valence-corrected chi connectivity index (χ3v) is 5.50. The molecule has 1 heterocycles. The molecule has 6 heteroatoms. The number of carbonyl (C=O) groups is 2. The van der Waals surface area contributed by atoms with Crippen molar-refractivity contribution < 1.29 is 9.59 Å². The molecule has 0 aliphatic carbocycles. The van der Waals surface area contributed by atoms with Crippen LogP contribution in [-0.4, -0.2) is 47.7 Å². The Hall–Kier alpha value is -1.88. The number of nitrogens with zero attached hydrogens (tertiary/aromatic N) is 2. The van der Waals surface area contributed by atoms with E-state index in [9.17, 15) is 9.59 Å². The van der Waals surface area contributed by atoms with Gasteiger partial charge >= 0.3 is 0 Å². The fourth-order valence-electron chi connectivity index (χ4n) is 3.39. The van der Waals surface area contributed by atoms with Crippen molar-refractivity contribution >= 4 is 34.9 Å². The molecule has 1 saturated heterocycles. The van der Waals surface area contributed by atoms with E-state index < -0.39 is 0 Å². The zero-order chi connectivity index (χ0) is 19.9. The molecule has 1 aliphatic heterocycles. The normalized spacial score (nSPS) is 15.3. The van der Waals surface area contributed by atoms with Gasteiger partial charge in [0.2, 0.25) is 5.91 Å². The topological polar surface area (TPSA) is 40.6 Å². The number of hydrogen-bond acceptors (Lipinski definition) is 3. The van der Waals surface area contributed by atoms with E-state index in [0.29, 0.717) is 17.1 Å². The second-order valence-corrected chi connectivity index (χ2v) is 7.94. The van der Waals surface area contributed by atoms with Gasteiger partial charge in [0.15, 0.2) is 5.78 Å². The van der Waals surface area contributed by atoms with Gasteiger partial charge in [-0.2, -0.15) is 0 Å². The van der Waals surface area contributed by atoms with Crippen LogP contribution in [0.25, 0.3) is 0 Å². The summed E-state index contributed by atoms with van der Waals surface area (Å²) in [6.45, 7) is 4.08. The Morgan fingerprint density at radius 3 is 2.11 bits per heavy atom. The van der Waals surface area contributed by atoms with E-state index >= 15 is 0 Å². The van der Waals surface area contributed by atoms with Gasteiger partial charge in [-0.25, -0.2) is 0 Å². The summed E-state index contributed by atoms with van der Waals surface area (Å²) >= 11 is 11.8. The minimum absolute atomic E-state index is 0.0239. The summed E-state index contributed by atoms with van der Waals surface area (Å²) in [5, 5.41) is 1.34. The molecule has 1 aliphatic rings. The van der Waals surface area contributed by atoms with Crippen LogP contribution in [-0.2, 0) is 11.3 Å². The van der Waals surface area contributed by atoms with Crippen molar-refractivity contribution in [3.8, 4) is 0 Å². The van der Waals surface area contributed by atoms with Gasteiger partial charge in [0.1, 0.15) is 0 Å². The molecule has 0 spiro atoms. The van der Waals surface area contributed by atoms with E-state index in [-0.39, 0.29) is 24.5 Å². The van der Waals surface area contributed by atoms with Crippen LogP contribution in [0, 0.1) is 0 Å². The van der Waals surface area contributed by atoms with Crippen LogP contribution in [0.15, 0.2) is 48.5 Å². The maximum atomic E-state index is 12.6. The molecule has 0 unspecified atom stereocenters. The molecule has 0 N–H and O–H groups in total. The minimum atomic E-state index is -0.0239. The Labute approximate surface area is 176 Å². The summed E-state index contributed by atoms with van der Waals surface area (Å²) < 4.78 is 0. The van der Waals surface area contributed by atoms with Crippen LogP contribution < -0.4 is 0 Å². The lowest BCUT2D eigenvalue weighted by Gasteiger charge is -2.22. The van der Waals surface area contributed by atoms with Gasteiger partial charge < -0.3 is 4.90 Å². The van der Waals surface area contributed by atoms with Crippen LogP contribution in [0.1, 0.15) is 35.2 Å². The van der Waals surface area contributed by atoms with E-state index in [2.05, 4.69) is 4.90 Å². The van der Waals surface area contributed by atoms with Crippen molar-refractivity contribution in [2.24, 2.45) is 0 Å². The molecular formula is C22H24Cl2N2O2. The maximum Gasteiger partial charge on any atom is 0.223 e. The predicted molar refractivity (Wildman–Crippen MR) is 113 cm³/mol. The first-order valence-electron chi connectivity index (χ1n) is 9.54. The largest absolute Gasteiger partial charge is 0.341 e. The lowest BCUT2D eigenvalue weighted by molar-refractivity contribution is -0.131. The van der Waals surface area contributed by atoms with Crippen molar-refractivity contribution in [3.05, 3.63) is 69.7 Å². The van der Waals surface area contributed by atoms with Gasteiger partial charge in [-0.3, -0.25) is 14.5 Å². The van der Waals surface area contributed by atoms with E-state index in [1.165, 1.54) is 5.56 Å². The van der Waals surface area contributed by atoms with Crippen molar-refractivity contribution in [1.29, 1.82) is 0 Å². The Morgan fingerprint density at radius 1 is 0.786 bits per heavy atom. The van der Waals surface area contributed by atoms with E-state index in [1.807, 2.05) is 29.2 Å². The third kappa shape index (κ3) is 6.06. The second kappa shape index (κ2) is 10.1. The summed E-state index contributed by atoms with van der Waals surface area (Å²) in [5.74, 6) is 0.0276. The molecule has 0 bridgehead atoms. The fraction of sp³-hybridized carbons (Fsp3) is 0.364. The molecule has 2 aromatic rings. The number of benzene rings is 2. The molecule has 0 aromatic heterocycles. The first kappa shape index (κ1) is 20.8. The number of amides is 1. The molecule has 0 saturated carbocycles. The van der Waals surface area contributed by atoms with Crippen molar-refractivity contribution in [2.75, 3.05) is 26.2 Å². The highest BCUT2D eigenvalue weighted by atomic mass is 35.5. The molecule has 0 radical (unpaired) electrons. The number of hydrogen-bond donors (Lipinski definition) is 0. The lowest BCUT2D eigenvalue weighted by Crippen LogP contribution is -2.35. The summed E-state index contributed by atoms with van der Waals surface area (Å²) in [6, 6.07) is 14.7. The van der Waals surface area contributed by atoms with Gasteiger partial charge in [0.05, 0.1) is 0 Å². The van der Waals surface area contributed by atoms with Gasteiger partial charge in [-0.1, -0.05) is 35.3 Å². The Morgan fingerprint density at radius 2 is 1.43 bits per heavy atom. The van der Waals surface area contributed by atoms with Crippen LogP contribution >= 0.6 is 23.2 Å². The SMILES string of the molecule is O=C(CCC(=O)N1CCCN(Cc2ccc(Cl)cc2)CC1)c1ccc(Cl)cc1. The van der Waals surface area contributed by atoms with E-state index in [0.717, 1.165) is 37.6 Å². The van der Waals surface area contributed by atoms with Crippen molar-refractivity contribution in [2.45, 2.75) is 25.8 Å². The highest BCUT2D eigenvalue weighted by Gasteiger charge is 2.20. The van der Waals surface area contributed by atoms with Crippen molar-refractivity contribution in [3.63, 3.8) is 0 Å². The molecule has 2 aromatic carbocycles. The second-order valence-electron chi connectivity index (χ2n) is 7.07. The maximum absolute atomic E-state index is 12.6. The minimum Gasteiger partial charge on any atom is -0.341 e. The van der Waals surface area contributed by atoms with Crippen LogP contribution in [0.2, 0.25) is 10.0 Å². The third-order valence-electron chi connectivity index (χ3n) is 4.99. The average Bonchev–Trinajstić information content (AvgIpc) is 2.94. The van der Waals surface area contributed by atoms with Gasteiger partial charge in [-0.05, 0) is 48.4 Å². The number of Topliss-reactive ketones (excluding diaryl/α,β-unsaturated/α-hetero) is 1. The zero-order valence-corrected chi connectivity index (χ0v) is 17.3. The van der Waals surface area contributed by atoms with Gasteiger partial charge in [0.25, 0.3) is 0 Å². The summed E-state index contributed by atoms with van der Waals surface area (Å²) in [4.78, 5) is 29.1. The van der Waals surface area contributed by atoms with Crippen LogP contribution in [0.3, 0.4) is 0 Å². The first-order valence-corrected chi connectivity index (χ1v) is 10.3. The molecule has 1 fully saturated rings. The number of ketones is 1. The van der Waals surface area contributed by atoms with Gasteiger partial charge in [0, 0.05) is 61.2 Å². The smallest absolute Gasteiger partial charge is 0.223 e. The molecular weight excluding hydrogens is 395 g/mol. The highest BCUT2D eigenvalue weighted by Crippen LogP contribution is 2.15. The predicted octanol–water partition coefficient (Wildman–Crippen LogP) is 4.69. The van der Waals surface area contributed by atoms with Crippen molar-refractivity contribution in [1.82, 2.24) is 9.80 Å². The van der Waals surface area contributed by atoms with Crippen LogP contribution in [0.4, 0.5) is 0 Å². The monoisotopic (exact) mass is 418 g/mol.